The number of fused-ring (bicyclic) bond motifs is 1. The molecule has 12 heteroatoms. The number of aromatic nitrogens is 2. The van der Waals surface area contributed by atoms with E-state index in [1.807, 2.05) is 25.1 Å². The third-order valence-corrected chi connectivity index (χ3v) is 11.0. The van der Waals surface area contributed by atoms with E-state index in [1.165, 1.54) is 21.7 Å². The van der Waals surface area contributed by atoms with Crippen LogP contribution in [0.2, 0.25) is 9.36 Å². The monoisotopic (exact) mass is 566 g/mol. The number of amides is 1. The quantitative estimate of drug-likeness (QED) is 0.296. The summed E-state index contributed by atoms with van der Waals surface area (Å²) in [7, 11) is -3.86. The molecule has 1 atom stereocenters. The SMILES string of the molecule is Cc1c(Cl)ccc2sc(N(Cc3cccnc3)C(=O)C3CCCN3S(=O)(=O)c3ccc(Cl)s3)nc12. The molecule has 1 fully saturated rings. The zero-order valence-electron chi connectivity index (χ0n) is 18.5. The maximum absolute atomic E-state index is 14.0. The van der Waals surface area contributed by atoms with Crippen LogP contribution >= 0.6 is 45.9 Å². The Kier molecular flexibility index (Phi) is 6.86. The predicted octanol–water partition coefficient (Wildman–Crippen LogP) is 5.75. The van der Waals surface area contributed by atoms with Gasteiger partial charge in [-0.05, 0) is 61.2 Å². The van der Waals surface area contributed by atoms with Crippen molar-refractivity contribution in [3.05, 3.63) is 69.3 Å². The minimum atomic E-state index is -3.86. The van der Waals surface area contributed by atoms with E-state index in [-0.39, 0.29) is 23.2 Å². The summed E-state index contributed by atoms with van der Waals surface area (Å²) >= 11 is 14.7. The van der Waals surface area contributed by atoms with Gasteiger partial charge >= 0.3 is 0 Å². The molecule has 4 aromatic rings. The first-order valence-corrected chi connectivity index (χ1v) is 14.6. The van der Waals surface area contributed by atoms with Gasteiger partial charge in [0.15, 0.2) is 5.13 Å². The molecule has 1 aliphatic heterocycles. The average molecular weight is 568 g/mol. The first kappa shape index (κ1) is 24.6. The second-order valence-corrected chi connectivity index (χ2v) is 13.4. The van der Waals surface area contributed by atoms with Gasteiger partial charge in [-0.25, -0.2) is 13.4 Å². The van der Waals surface area contributed by atoms with Crippen LogP contribution in [0.5, 0.6) is 0 Å². The Morgan fingerprint density at radius 3 is 2.74 bits per heavy atom. The van der Waals surface area contributed by atoms with Crippen LogP contribution in [0.4, 0.5) is 5.13 Å². The summed E-state index contributed by atoms with van der Waals surface area (Å²) in [6.45, 7) is 2.37. The fraction of sp³-hybridized carbons (Fsp3) is 0.261. The summed E-state index contributed by atoms with van der Waals surface area (Å²) in [6.07, 6.45) is 4.36. The van der Waals surface area contributed by atoms with Crippen LogP contribution in [0, 0.1) is 6.92 Å². The van der Waals surface area contributed by atoms with E-state index >= 15 is 0 Å². The Labute approximate surface area is 221 Å². The number of anilines is 1. The lowest BCUT2D eigenvalue weighted by atomic mass is 10.2. The van der Waals surface area contributed by atoms with Crippen LogP contribution < -0.4 is 4.90 Å². The second-order valence-electron chi connectivity index (χ2n) is 8.13. The Morgan fingerprint density at radius 2 is 2.03 bits per heavy atom. The third-order valence-electron chi connectivity index (χ3n) is 5.90. The number of carbonyl (C=O) groups excluding carboxylic acids is 1. The minimum Gasteiger partial charge on any atom is -0.282 e. The van der Waals surface area contributed by atoms with Crippen LogP contribution in [-0.4, -0.2) is 41.2 Å². The predicted molar refractivity (Wildman–Crippen MR) is 141 cm³/mol. The molecular weight excluding hydrogens is 547 g/mol. The molecule has 1 saturated heterocycles. The topological polar surface area (TPSA) is 83.5 Å². The molecule has 0 aliphatic carbocycles. The van der Waals surface area contributed by atoms with Crippen molar-refractivity contribution < 1.29 is 13.2 Å². The van der Waals surface area contributed by atoms with Gasteiger partial charge in [-0.3, -0.25) is 14.7 Å². The number of aryl methyl sites for hydroxylation is 1. The van der Waals surface area contributed by atoms with Gasteiger partial charge in [-0.1, -0.05) is 40.6 Å². The number of thiophene rings is 1. The van der Waals surface area contributed by atoms with Crippen molar-refractivity contribution in [3.8, 4) is 0 Å². The molecule has 35 heavy (non-hydrogen) atoms. The largest absolute Gasteiger partial charge is 0.282 e. The van der Waals surface area contributed by atoms with Crippen LogP contribution in [0.15, 0.2) is 53.0 Å². The Morgan fingerprint density at radius 1 is 1.20 bits per heavy atom. The molecule has 0 spiro atoms. The van der Waals surface area contributed by atoms with E-state index in [4.69, 9.17) is 28.2 Å². The van der Waals surface area contributed by atoms with E-state index in [2.05, 4.69) is 4.98 Å². The van der Waals surface area contributed by atoms with Gasteiger partial charge in [0.25, 0.3) is 10.0 Å². The Bertz CT molecular complexity index is 1500. The molecule has 1 amide bonds. The number of thiazole rings is 1. The molecule has 1 aliphatic rings. The number of carbonyl (C=O) groups is 1. The highest BCUT2D eigenvalue weighted by Gasteiger charge is 2.42. The lowest BCUT2D eigenvalue weighted by Gasteiger charge is -2.28. The lowest BCUT2D eigenvalue weighted by molar-refractivity contribution is -0.121. The first-order valence-electron chi connectivity index (χ1n) is 10.8. The molecule has 182 valence electrons. The first-order chi connectivity index (χ1) is 16.8. The summed E-state index contributed by atoms with van der Waals surface area (Å²) < 4.78 is 29.5. The average Bonchev–Trinajstić information content (AvgIpc) is 3.60. The zero-order chi connectivity index (χ0) is 24.7. The number of halogens is 2. The van der Waals surface area contributed by atoms with E-state index in [9.17, 15) is 13.2 Å². The van der Waals surface area contributed by atoms with Gasteiger partial charge in [0, 0.05) is 24.0 Å². The molecule has 1 aromatic carbocycles. The van der Waals surface area contributed by atoms with Gasteiger partial charge in [-0.15, -0.1) is 11.3 Å². The summed E-state index contributed by atoms with van der Waals surface area (Å²) in [4.78, 5) is 24.5. The number of hydrogen-bond acceptors (Lipinski definition) is 7. The number of hydrogen-bond donors (Lipinski definition) is 0. The van der Waals surface area contributed by atoms with Crippen molar-refractivity contribution >= 4 is 77.2 Å². The fourth-order valence-corrected chi connectivity index (χ4v) is 8.57. The van der Waals surface area contributed by atoms with Gasteiger partial charge < -0.3 is 0 Å². The molecule has 7 nitrogen and oxygen atoms in total. The van der Waals surface area contributed by atoms with Gasteiger partial charge in [-0.2, -0.15) is 4.31 Å². The molecule has 0 radical (unpaired) electrons. The third kappa shape index (κ3) is 4.71. The second kappa shape index (κ2) is 9.76. The van der Waals surface area contributed by atoms with E-state index in [0.717, 1.165) is 32.7 Å². The highest BCUT2D eigenvalue weighted by atomic mass is 35.5. The molecule has 1 unspecified atom stereocenters. The van der Waals surface area contributed by atoms with Crippen molar-refractivity contribution in [3.63, 3.8) is 0 Å². The van der Waals surface area contributed by atoms with Crippen LogP contribution in [0.3, 0.4) is 0 Å². The van der Waals surface area contributed by atoms with Gasteiger partial charge in [0.2, 0.25) is 5.91 Å². The maximum Gasteiger partial charge on any atom is 0.253 e. The zero-order valence-corrected chi connectivity index (χ0v) is 22.5. The summed E-state index contributed by atoms with van der Waals surface area (Å²) in [5.41, 5.74) is 2.37. The molecule has 0 bridgehead atoms. The minimum absolute atomic E-state index is 0.131. The number of rotatable bonds is 6. The molecular formula is C23H20Cl2N4O3S3. The maximum atomic E-state index is 14.0. The normalized spacial score (nSPS) is 16.7. The number of benzene rings is 1. The molecule has 0 N–H and O–H groups in total. The number of sulfonamides is 1. The summed E-state index contributed by atoms with van der Waals surface area (Å²) in [5.74, 6) is -0.319. The van der Waals surface area contributed by atoms with Crippen molar-refractivity contribution in [2.24, 2.45) is 0 Å². The standard InChI is InChI=1S/C23H20Cl2N4O3S3/c1-14-16(24)6-7-18-21(14)27-23(33-18)28(13-15-4-2-10-26-12-15)22(30)17-5-3-11-29(17)35(31,32)20-9-8-19(25)34-20/h2,4,6-10,12,17H,3,5,11,13H2,1H3. The Balaban J connectivity index is 1.54. The van der Waals surface area contributed by atoms with Crippen molar-refractivity contribution in [2.75, 3.05) is 11.4 Å². The highest BCUT2D eigenvalue weighted by molar-refractivity contribution is 7.91. The van der Waals surface area contributed by atoms with Gasteiger partial charge in [0.05, 0.1) is 21.1 Å². The Hall–Kier alpha value is -2.08. The summed E-state index contributed by atoms with van der Waals surface area (Å²) in [5, 5.41) is 1.09. The molecule has 0 saturated carbocycles. The van der Waals surface area contributed by atoms with Gasteiger partial charge in [0.1, 0.15) is 10.3 Å². The fourth-order valence-electron chi connectivity index (χ4n) is 4.12. The van der Waals surface area contributed by atoms with Crippen LogP contribution in [0.25, 0.3) is 10.2 Å². The molecule has 3 aromatic heterocycles. The van der Waals surface area contributed by atoms with E-state index in [0.29, 0.717) is 27.3 Å². The number of nitrogens with zero attached hydrogens (tertiary/aromatic N) is 4. The lowest BCUT2D eigenvalue weighted by Crippen LogP contribution is -2.47. The van der Waals surface area contributed by atoms with E-state index < -0.39 is 16.1 Å². The van der Waals surface area contributed by atoms with Crippen molar-refractivity contribution in [2.45, 2.75) is 36.6 Å². The number of pyridine rings is 1. The van der Waals surface area contributed by atoms with Crippen LogP contribution in [0.1, 0.15) is 24.0 Å². The smallest absolute Gasteiger partial charge is 0.253 e. The highest BCUT2D eigenvalue weighted by Crippen LogP contribution is 2.37. The molecule has 5 rings (SSSR count). The van der Waals surface area contributed by atoms with Crippen molar-refractivity contribution in [1.29, 1.82) is 0 Å². The van der Waals surface area contributed by atoms with Crippen LogP contribution in [-0.2, 0) is 21.4 Å². The van der Waals surface area contributed by atoms with E-state index in [1.54, 1.807) is 29.4 Å². The molecule has 4 heterocycles. The summed E-state index contributed by atoms with van der Waals surface area (Å²) in [6, 6.07) is 9.56. The van der Waals surface area contributed by atoms with Crippen molar-refractivity contribution in [1.82, 2.24) is 14.3 Å².